The molecule has 0 aromatic carbocycles. The molecule has 1 aromatic heterocycles. The van der Waals surface area contributed by atoms with Gasteiger partial charge in [0.05, 0.1) is 29.1 Å². The van der Waals surface area contributed by atoms with E-state index in [0.29, 0.717) is 24.6 Å². The molecule has 5 nitrogen and oxygen atoms in total. The minimum atomic E-state index is -0.300. The summed E-state index contributed by atoms with van der Waals surface area (Å²) in [5, 5.41) is 17.7. The van der Waals surface area contributed by atoms with Crippen molar-refractivity contribution in [2.75, 3.05) is 32.9 Å². The van der Waals surface area contributed by atoms with Gasteiger partial charge < -0.3 is 19.8 Å². The average Bonchev–Trinajstić information content (AvgIpc) is 2.93. The van der Waals surface area contributed by atoms with E-state index >= 15 is 0 Å². The lowest BCUT2D eigenvalue weighted by Crippen LogP contribution is -2.46. The number of morpholine rings is 1. The molecule has 1 aliphatic rings. The molecule has 1 amide bonds. The van der Waals surface area contributed by atoms with Gasteiger partial charge >= 0.3 is 0 Å². The van der Waals surface area contributed by atoms with Crippen molar-refractivity contribution in [3.8, 4) is 11.8 Å². The molecule has 0 saturated carbocycles. The molecule has 1 atom stereocenters. The summed E-state index contributed by atoms with van der Waals surface area (Å²) in [4.78, 5) is 15.3. The van der Waals surface area contributed by atoms with E-state index in [1.165, 1.54) is 11.3 Å². The molecule has 6 heteroatoms. The van der Waals surface area contributed by atoms with Gasteiger partial charge in [-0.2, -0.15) is 0 Å². The molecular formula is C13H15NO4S. The number of nitrogens with zero attached hydrogens (tertiary/aromatic N) is 1. The molecule has 0 bridgehead atoms. The van der Waals surface area contributed by atoms with Crippen molar-refractivity contribution in [1.82, 2.24) is 4.90 Å². The normalized spacial score (nSPS) is 18.8. The Kier molecular flexibility index (Phi) is 4.93. The molecule has 0 aliphatic carbocycles. The van der Waals surface area contributed by atoms with Crippen molar-refractivity contribution in [3.05, 3.63) is 21.9 Å². The highest BCUT2D eigenvalue weighted by Crippen LogP contribution is 2.19. The van der Waals surface area contributed by atoms with E-state index < -0.39 is 0 Å². The molecular weight excluding hydrogens is 266 g/mol. The number of thiophene rings is 1. The highest BCUT2D eigenvalue weighted by molar-refractivity contribution is 7.14. The summed E-state index contributed by atoms with van der Waals surface area (Å²) >= 11 is 1.30. The maximum Gasteiger partial charge on any atom is 0.264 e. The van der Waals surface area contributed by atoms with Crippen LogP contribution >= 0.6 is 11.3 Å². The Bertz CT molecular complexity index is 502. The van der Waals surface area contributed by atoms with Crippen molar-refractivity contribution >= 4 is 17.2 Å². The fourth-order valence-electron chi connectivity index (χ4n) is 1.82. The largest absolute Gasteiger partial charge is 0.394 e. The first kappa shape index (κ1) is 14.0. The van der Waals surface area contributed by atoms with E-state index in [0.717, 1.165) is 4.88 Å². The van der Waals surface area contributed by atoms with Gasteiger partial charge in [-0.25, -0.2) is 0 Å². The van der Waals surface area contributed by atoms with Gasteiger partial charge in [-0.05, 0) is 12.1 Å². The van der Waals surface area contributed by atoms with Gasteiger partial charge in [0.2, 0.25) is 0 Å². The van der Waals surface area contributed by atoms with Crippen molar-refractivity contribution < 1.29 is 19.7 Å². The Labute approximate surface area is 115 Å². The van der Waals surface area contributed by atoms with Gasteiger partial charge in [0.25, 0.3) is 5.91 Å². The molecule has 1 aliphatic heterocycles. The van der Waals surface area contributed by atoms with Crippen LogP contribution in [-0.2, 0) is 4.74 Å². The van der Waals surface area contributed by atoms with Gasteiger partial charge in [-0.1, -0.05) is 11.8 Å². The molecule has 1 saturated heterocycles. The van der Waals surface area contributed by atoms with Gasteiger partial charge in [0.15, 0.2) is 0 Å². The third-order valence-corrected chi connectivity index (χ3v) is 3.73. The van der Waals surface area contributed by atoms with E-state index in [1.807, 2.05) is 0 Å². The smallest absolute Gasteiger partial charge is 0.264 e. The minimum Gasteiger partial charge on any atom is -0.394 e. The number of rotatable bonds is 2. The molecule has 1 fully saturated rings. The van der Waals surface area contributed by atoms with Crippen molar-refractivity contribution in [3.63, 3.8) is 0 Å². The zero-order valence-electron chi connectivity index (χ0n) is 10.3. The van der Waals surface area contributed by atoms with Crippen LogP contribution in [0.3, 0.4) is 0 Å². The van der Waals surface area contributed by atoms with Crippen LogP contribution in [0.15, 0.2) is 12.1 Å². The monoisotopic (exact) mass is 281 g/mol. The molecule has 19 heavy (non-hydrogen) atoms. The van der Waals surface area contributed by atoms with Crippen molar-refractivity contribution in [2.24, 2.45) is 0 Å². The molecule has 0 radical (unpaired) electrons. The number of aliphatic hydroxyl groups is 2. The third kappa shape index (κ3) is 3.55. The Hall–Kier alpha value is -1.39. The van der Waals surface area contributed by atoms with Crippen LogP contribution < -0.4 is 0 Å². The maximum absolute atomic E-state index is 12.2. The van der Waals surface area contributed by atoms with Gasteiger partial charge in [0.1, 0.15) is 6.61 Å². The van der Waals surface area contributed by atoms with E-state index in [2.05, 4.69) is 11.8 Å². The zero-order chi connectivity index (χ0) is 13.7. The van der Waals surface area contributed by atoms with Gasteiger partial charge in [-0.15, -0.1) is 11.3 Å². The van der Waals surface area contributed by atoms with Crippen molar-refractivity contribution in [1.29, 1.82) is 0 Å². The molecule has 2 heterocycles. The number of carbonyl (C=O) groups is 1. The van der Waals surface area contributed by atoms with Crippen LogP contribution in [0.1, 0.15) is 14.5 Å². The van der Waals surface area contributed by atoms with Crippen LogP contribution in [0, 0.1) is 11.8 Å². The predicted octanol–water partition coefficient (Wildman–Crippen LogP) is -0.0748. The lowest BCUT2D eigenvalue weighted by molar-refractivity contribution is -0.0446. The number of aliphatic hydroxyl groups excluding tert-OH is 2. The summed E-state index contributed by atoms with van der Waals surface area (Å²) in [5.41, 5.74) is 0. The number of hydrogen-bond donors (Lipinski definition) is 2. The second kappa shape index (κ2) is 6.68. The Morgan fingerprint density at radius 3 is 3.11 bits per heavy atom. The zero-order valence-corrected chi connectivity index (χ0v) is 11.2. The number of ether oxygens (including phenoxy) is 1. The van der Waals surface area contributed by atoms with E-state index in [4.69, 9.17) is 14.9 Å². The quantitative estimate of drug-likeness (QED) is 0.744. The lowest BCUT2D eigenvalue weighted by Gasteiger charge is -2.31. The SMILES string of the molecule is O=C(c1ccc(C#CCO)s1)N1CCOC(CO)C1. The van der Waals surface area contributed by atoms with Crippen LogP contribution in [0.4, 0.5) is 0 Å². The van der Waals surface area contributed by atoms with E-state index in [-0.39, 0.29) is 25.2 Å². The lowest BCUT2D eigenvalue weighted by atomic mass is 10.2. The second-order valence-corrected chi connectivity index (χ2v) is 5.13. The first-order valence-electron chi connectivity index (χ1n) is 5.96. The topological polar surface area (TPSA) is 70.0 Å². The summed E-state index contributed by atoms with van der Waals surface area (Å²) in [7, 11) is 0. The van der Waals surface area contributed by atoms with Crippen LogP contribution in [0.25, 0.3) is 0 Å². The third-order valence-electron chi connectivity index (χ3n) is 2.74. The molecule has 2 N–H and O–H groups in total. The Morgan fingerprint density at radius 1 is 1.53 bits per heavy atom. The summed E-state index contributed by atoms with van der Waals surface area (Å²) in [6.07, 6.45) is -0.300. The van der Waals surface area contributed by atoms with Crippen LogP contribution in [-0.4, -0.2) is 60.0 Å². The number of hydrogen-bond acceptors (Lipinski definition) is 5. The Balaban J connectivity index is 2.04. The molecule has 1 aromatic rings. The molecule has 102 valence electrons. The molecule has 2 rings (SSSR count). The van der Waals surface area contributed by atoms with Gasteiger partial charge in [-0.3, -0.25) is 4.79 Å². The summed E-state index contributed by atoms with van der Waals surface area (Å²) < 4.78 is 5.31. The second-order valence-electron chi connectivity index (χ2n) is 4.05. The fraction of sp³-hybridized carbons (Fsp3) is 0.462. The van der Waals surface area contributed by atoms with E-state index in [9.17, 15) is 4.79 Å². The molecule has 1 unspecified atom stereocenters. The average molecular weight is 281 g/mol. The van der Waals surface area contributed by atoms with Crippen molar-refractivity contribution in [2.45, 2.75) is 6.10 Å². The van der Waals surface area contributed by atoms with Crippen LogP contribution in [0.5, 0.6) is 0 Å². The first-order valence-corrected chi connectivity index (χ1v) is 6.77. The van der Waals surface area contributed by atoms with Gasteiger partial charge in [0, 0.05) is 13.1 Å². The van der Waals surface area contributed by atoms with E-state index in [1.54, 1.807) is 17.0 Å². The maximum atomic E-state index is 12.2. The minimum absolute atomic E-state index is 0.0659. The standard InChI is InChI=1S/C13H15NO4S/c15-6-1-2-11-3-4-12(19-11)13(17)14-5-7-18-10(8-14)9-16/h3-4,10,15-16H,5-9H2. The highest BCUT2D eigenvalue weighted by atomic mass is 32.1. The summed E-state index contributed by atoms with van der Waals surface area (Å²) in [5.74, 6) is 5.26. The Morgan fingerprint density at radius 2 is 2.37 bits per heavy atom. The summed E-state index contributed by atoms with van der Waals surface area (Å²) in [6, 6.07) is 3.50. The highest BCUT2D eigenvalue weighted by Gasteiger charge is 2.25. The van der Waals surface area contributed by atoms with Crippen LogP contribution in [0.2, 0.25) is 0 Å². The molecule has 0 spiro atoms. The fourth-order valence-corrected chi connectivity index (χ4v) is 2.67. The number of amides is 1. The summed E-state index contributed by atoms with van der Waals surface area (Å²) in [6.45, 7) is 1.11. The number of carbonyl (C=O) groups excluding carboxylic acids is 1. The predicted molar refractivity (Wildman–Crippen MR) is 71.0 cm³/mol. The first-order chi connectivity index (χ1) is 9.24.